The second kappa shape index (κ2) is 16.5. The predicted octanol–water partition coefficient (Wildman–Crippen LogP) is 5.61. The Balaban J connectivity index is 0.977. The van der Waals surface area contributed by atoms with Gasteiger partial charge in [0.1, 0.15) is 6.04 Å². The number of nitrogens with zero attached hydrogens (tertiary/aromatic N) is 5. The highest BCUT2D eigenvalue weighted by Crippen LogP contribution is 2.41. The number of amides is 5. The minimum absolute atomic E-state index is 0.00859. The summed E-state index contributed by atoms with van der Waals surface area (Å²) in [5, 5.41) is 27.1. The zero-order chi connectivity index (χ0) is 41.3. The van der Waals surface area contributed by atoms with Crippen molar-refractivity contribution in [1.29, 1.82) is 0 Å². The van der Waals surface area contributed by atoms with Crippen LogP contribution in [0.4, 0.5) is 10.6 Å². The maximum absolute atomic E-state index is 13.8. The second-order valence-corrected chi connectivity index (χ2v) is 16.6. The van der Waals surface area contributed by atoms with Gasteiger partial charge in [0.2, 0.25) is 5.91 Å². The number of urea groups is 1. The number of likely N-dealkylation sites (N-methyl/N-ethyl adjacent to an activating group) is 1. The molecule has 0 spiro atoms. The molecule has 5 amide bonds. The molecule has 3 aromatic carbocycles. The van der Waals surface area contributed by atoms with Crippen molar-refractivity contribution in [3.8, 4) is 10.4 Å². The quantitative estimate of drug-likeness (QED) is 0.115. The summed E-state index contributed by atoms with van der Waals surface area (Å²) >= 11 is 1.58. The minimum atomic E-state index is -0.864. The van der Waals surface area contributed by atoms with Crippen molar-refractivity contribution in [3.05, 3.63) is 124 Å². The Kier molecular flexibility index (Phi) is 11.5. The Hall–Kier alpha value is -5.90. The van der Waals surface area contributed by atoms with E-state index in [4.69, 9.17) is 0 Å². The molecule has 5 N–H and O–H groups in total. The van der Waals surface area contributed by atoms with Gasteiger partial charge in [-0.3, -0.25) is 19.5 Å². The largest absolute Gasteiger partial charge is 0.391 e. The van der Waals surface area contributed by atoms with Crippen LogP contribution in [0.15, 0.2) is 84.4 Å². The summed E-state index contributed by atoms with van der Waals surface area (Å²) in [6.45, 7) is 8.56. The lowest BCUT2D eigenvalue weighted by molar-refractivity contribution is -0.125. The number of H-pyrrole nitrogens is 1. The number of benzene rings is 3. The van der Waals surface area contributed by atoms with Gasteiger partial charge < -0.3 is 35.8 Å². The van der Waals surface area contributed by atoms with Crippen molar-refractivity contribution in [2.24, 2.45) is 0 Å². The van der Waals surface area contributed by atoms with Gasteiger partial charge in [-0.05, 0) is 82.7 Å². The van der Waals surface area contributed by atoms with E-state index in [2.05, 4.69) is 31.1 Å². The van der Waals surface area contributed by atoms with Crippen molar-refractivity contribution in [2.75, 3.05) is 32.5 Å². The van der Waals surface area contributed by atoms with Gasteiger partial charge in [0.25, 0.3) is 11.8 Å². The number of carbonyl (C=O) groups excluding carboxylic acids is 4. The summed E-state index contributed by atoms with van der Waals surface area (Å²) < 4.78 is 0. The van der Waals surface area contributed by atoms with Crippen molar-refractivity contribution in [3.63, 3.8) is 0 Å². The molecular formula is C43H49N9O5S. The zero-order valence-corrected chi connectivity index (χ0v) is 34.3. The number of nitrogens with one attached hydrogen (secondary N) is 4. The van der Waals surface area contributed by atoms with Crippen LogP contribution in [-0.4, -0.2) is 98.1 Å². The Morgan fingerprint density at radius 1 is 0.966 bits per heavy atom. The van der Waals surface area contributed by atoms with E-state index in [1.54, 1.807) is 16.2 Å². The smallest absolute Gasteiger partial charge is 0.319 e. The monoisotopic (exact) mass is 803 g/mol. The number of thiazole rings is 1. The molecule has 302 valence electrons. The second-order valence-electron chi connectivity index (χ2n) is 15.8. The summed E-state index contributed by atoms with van der Waals surface area (Å²) in [6.07, 6.45) is -0.741. The fraction of sp³-hybridized carbons (Fsp3) is 0.349. The van der Waals surface area contributed by atoms with E-state index in [0.29, 0.717) is 17.9 Å². The van der Waals surface area contributed by atoms with E-state index in [9.17, 15) is 24.3 Å². The van der Waals surface area contributed by atoms with E-state index in [-0.39, 0.29) is 54.7 Å². The number of hydrogen-bond acceptors (Lipinski definition) is 9. The van der Waals surface area contributed by atoms with Gasteiger partial charge in [0.05, 0.1) is 52.0 Å². The van der Waals surface area contributed by atoms with Crippen LogP contribution >= 0.6 is 11.3 Å². The normalized spacial score (nSPS) is 18.1. The molecule has 5 aromatic rings. The molecule has 7 rings (SSSR count). The number of aromatic nitrogens is 3. The van der Waals surface area contributed by atoms with E-state index in [1.165, 1.54) is 29.2 Å². The van der Waals surface area contributed by atoms with Crippen molar-refractivity contribution in [1.82, 2.24) is 40.5 Å². The van der Waals surface area contributed by atoms with Crippen LogP contribution in [-0.2, 0) is 16.9 Å². The van der Waals surface area contributed by atoms with Crippen molar-refractivity contribution in [2.45, 2.75) is 70.4 Å². The average molecular weight is 804 g/mol. The van der Waals surface area contributed by atoms with Gasteiger partial charge in [-0.25, -0.2) is 9.78 Å². The first-order chi connectivity index (χ1) is 27.7. The Morgan fingerprint density at radius 3 is 2.31 bits per heavy atom. The average Bonchev–Trinajstić information content (AvgIpc) is 3.99. The number of anilines is 1. The molecular weight excluding hydrogens is 755 g/mol. The number of fused-ring (bicyclic) bond motifs is 1. The summed E-state index contributed by atoms with van der Waals surface area (Å²) in [6, 6.07) is 22.2. The number of likely N-dealkylation sites (tertiary alicyclic amines) is 1. The van der Waals surface area contributed by atoms with Gasteiger partial charge in [0, 0.05) is 36.2 Å². The van der Waals surface area contributed by atoms with Gasteiger partial charge in [-0.2, -0.15) is 5.10 Å². The van der Waals surface area contributed by atoms with Crippen LogP contribution in [0.5, 0.6) is 0 Å². The lowest BCUT2D eigenvalue weighted by atomic mass is 10.0. The summed E-state index contributed by atoms with van der Waals surface area (Å²) in [5.74, 6) is -0.906. The van der Waals surface area contributed by atoms with E-state index in [0.717, 1.165) is 33.0 Å². The molecule has 1 fully saturated rings. The van der Waals surface area contributed by atoms with Gasteiger partial charge in [0.15, 0.2) is 5.82 Å². The third kappa shape index (κ3) is 8.24. The Bertz CT molecular complexity index is 2290. The number of carbonyl (C=O) groups is 4. The fourth-order valence-corrected chi connectivity index (χ4v) is 8.56. The Labute approximate surface area is 341 Å². The molecule has 2 aliphatic rings. The highest BCUT2D eigenvalue weighted by Gasteiger charge is 2.44. The predicted molar refractivity (Wildman–Crippen MR) is 222 cm³/mol. The molecule has 4 atom stereocenters. The molecule has 4 heterocycles. The first kappa shape index (κ1) is 40.3. The van der Waals surface area contributed by atoms with Crippen LogP contribution in [0.1, 0.15) is 88.1 Å². The minimum Gasteiger partial charge on any atom is -0.391 e. The molecule has 0 aliphatic carbocycles. The molecule has 15 heteroatoms. The first-order valence-corrected chi connectivity index (χ1v) is 20.2. The summed E-state index contributed by atoms with van der Waals surface area (Å²) in [7, 11) is 3.92. The topological polar surface area (TPSA) is 176 Å². The summed E-state index contributed by atoms with van der Waals surface area (Å²) in [5.41, 5.74) is 6.99. The van der Waals surface area contributed by atoms with E-state index < -0.39 is 29.5 Å². The van der Waals surface area contributed by atoms with Crippen LogP contribution in [0.25, 0.3) is 10.4 Å². The number of β-amino-alcohol motifs (C(OH)–C–C–N with tert-alkyl or cyclic N) is 1. The highest BCUT2D eigenvalue weighted by atomic mass is 32.1. The highest BCUT2D eigenvalue weighted by molar-refractivity contribution is 7.13. The number of rotatable bonds is 11. The molecule has 0 bridgehead atoms. The van der Waals surface area contributed by atoms with Crippen LogP contribution in [0, 0.1) is 6.92 Å². The van der Waals surface area contributed by atoms with Crippen molar-refractivity contribution >= 4 is 40.9 Å². The van der Waals surface area contributed by atoms with Gasteiger partial charge in [-0.15, -0.1) is 11.3 Å². The fourth-order valence-electron chi connectivity index (χ4n) is 7.75. The lowest BCUT2D eigenvalue weighted by Crippen LogP contribution is -2.48. The first-order valence-electron chi connectivity index (χ1n) is 19.3. The molecule has 0 unspecified atom stereocenters. The van der Waals surface area contributed by atoms with Crippen LogP contribution < -0.4 is 16.0 Å². The molecule has 1 saturated heterocycles. The molecule has 0 saturated carbocycles. The number of aromatic amines is 1. The number of aliphatic hydroxyl groups excluding tert-OH is 1. The summed E-state index contributed by atoms with van der Waals surface area (Å²) in [4.78, 5) is 65.1. The van der Waals surface area contributed by atoms with Crippen LogP contribution in [0.2, 0.25) is 0 Å². The number of aryl methyl sites for hydroxylation is 1. The third-order valence-electron chi connectivity index (χ3n) is 11.0. The third-order valence-corrected chi connectivity index (χ3v) is 12.0. The molecule has 14 nitrogen and oxygen atoms in total. The van der Waals surface area contributed by atoms with Gasteiger partial charge >= 0.3 is 6.03 Å². The molecule has 0 radical (unpaired) electrons. The number of hydrogen-bond donors (Lipinski definition) is 5. The van der Waals surface area contributed by atoms with Crippen molar-refractivity contribution < 1.29 is 24.3 Å². The molecule has 2 aromatic heterocycles. The number of aliphatic hydroxyl groups is 1. The Morgan fingerprint density at radius 2 is 1.66 bits per heavy atom. The maximum Gasteiger partial charge on any atom is 0.319 e. The molecule has 2 aliphatic heterocycles. The van der Waals surface area contributed by atoms with E-state index >= 15 is 0 Å². The van der Waals surface area contributed by atoms with Crippen LogP contribution in [0.3, 0.4) is 0 Å². The SMILES string of the molecule is Cc1ncsc1-c1ccc([C@H](C)NC(=O)[C@@H]2C[C@@H](O)CN2C(=O)c2ccc(C(=O)Nc3n[nH]c4c3CN(C(=O)N[C@H](CN(C)C)c3ccccc3)C4(C)C)cc2)cc1. The lowest BCUT2D eigenvalue weighted by Gasteiger charge is -2.34. The van der Waals surface area contributed by atoms with Gasteiger partial charge in [-0.1, -0.05) is 54.6 Å². The molecule has 58 heavy (non-hydrogen) atoms. The zero-order valence-electron chi connectivity index (χ0n) is 33.4. The maximum atomic E-state index is 13.8. The van der Waals surface area contributed by atoms with E-state index in [1.807, 2.05) is 107 Å². The standard InChI is InChI=1S/C43H49N9O5S/c1-25(27-12-14-29(15-13-27)36-26(2)44-24-58-36)45-40(55)35-20-32(53)21-51(35)41(56)31-18-16-30(17-19-31)39(54)47-38-33-22-52(43(3,4)37(33)48-49-38)42(57)46-34(23-50(5)6)28-10-8-7-9-11-28/h7-19,24-25,32,34-35,53H,20-23H2,1-6H3,(H,45,55)(H,46,57)(H2,47,48,49,54)/t25-,32+,34+,35-/m0/s1.